The standard InChI is InChI=1S/C23H19NO5/c1-16-4-8-18(9-5-16)24(14-20-3-2-12-27-20)22(25)15-28-19-10-6-17-7-11-23(26)29-21(17)13-19/h2-13H,14-15H2,1H3. The number of rotatable bonds is 6. The zero-order valence-electron chi connectivity index (χ0n) is 15.8. The van der Waals surface area contributed by atoms with Crippen LogP contribution in [0.3, 0.4) is 0 Å². The monoisotopic (exact) mass is 389 g/mol. The van der Waals surface area contributed by atoms with E-state index in [1.165, 1.54) is 6.07 Å². The van der Waals surface area contributed by atoms with Crippen LogP contribution < -0.4 is 15.3 Å². The number of anilines is 1. The number of nitrogens with zero attached hydrogens (tertiary/aromatic N) is 1. The van der Waals surface area contributed by atoms with Crippen LogP contribution in [0.5, 0.6) is 5.75 Å². The molecule has 6 heteroatoms. The number of carbonyl (C=O) groups is 1. The molecule has 4 aromatic rings. The van der Waals surface area contributed by atoms with Crippen LogP contribution in [-0.4, -0.2) is 12.5 Å². The molecule has 0 aliphatic rings. The van der Waals surface area contributed by atoms with Gasteiger partial charge in [-0.3, -0.25) is 4.79 Å². The molecule has 0 aliphatic carbocycles. The van der Waals surface area contributed by atoms with Crippen molar-refractivity contribution in [2.75, 3.05) is 11.5 Å². The maximum Gasteiger partial charge on any atom is 0.336 e. The van der Waals surface area contributed by atoms with E-state index in [2.05, 4.69) is 0 Å². The molecule has 146 valence electrons. The molecule has 0 saturated carbocycles. The Bertz CT molecular complexity index is 1180. The molecule has 2 heterocycles. The van der Waals surface area contributed by atoms with Crippen LogP contribution in [0.25, 0.3) is 11.0 Å². The summed E-state index contributed by atoms with van der Waals surface area (Å²) in [4.78, 5) is 25.9. The first kappa shape index (κ1) is 18.6. The lowest BCUT2D eigenvalue weighted by Gasteiger charge is -2.22. The largest absolute Gasteiger partial charge is 0.484 e. The van der Waals surface area contributed by atoms with Crippen LogP contribution in [0.1, 0.15) is 11.3 Å². The van der Waals surface area contributed by atoms with Crippen LogP contribution >= 0.6 is 0 Å². The van der Waals surface area contributed by atoms with Crippen LogP contribution in [0.2, 0.25) is 0 Å². The fourth-order valence-electron chi connectivity index (χ4n) is 2.96. The number of amides is 1. The Kier molecular flexibility index (Phi) is 5.16. The van der Waals surface area contributed by atoms with Gasteiger partial charge in [-0.05, 0) is 49.4 Å². The predicted molar refractivity (Wildman–Crippen MR) is 109 cm³/mol. The molecule has 0 atom stereocenters. The summed E-state index contributed by atoms with van der Waals surface area (Å²) in [5, 5.41) is 0.780. The lowest BCUT2D eigenvalue weighted by Crippen LogP contribution is -2.34. The van der Waals surface area contributed by atoms with Gasteiger partial charge in [-0.1, -0.05) is 17.7 Å². The Morgan fingerprint density at radius 2 is 1.83 bits per heavy atom. The quantitative estimate of drug-likeness (QED) is 0.460. The third kappa shape index (κ3) is 4.38. The molecule has 0 radical (unpaired) electrons. The van der Waals surface area contributed by atoms with E-state index in [0.717, 1.165) is 16.6 Å². The van der Waals surface area contributed by atoms with Gasteiger partial charge in [0.25, 0.3) is 5.91 Å². The first-order valence-corrected chi connectivity index (χ1v) is 9.15. The molecule has 2 aromatic heterocycles. The third-order valence-corrected chi connectivity index (χ3v) is 4.50. The van der Waals surface area contributed by atoms with E-state index in [1.54, 1.807) is 41.5 Å². The molecule has 1 amide bonds. The number of aryl methyl sites for hydroxylation is 1. The number of fused-ring (bicyclic) bond motifs is 1. The smallest absolute Gasteiger partial charge is 0.336 e. The Hall–Kier alpha value is -3.80. The molecule has 0 unspecified atom stereocenters. The van der Waals surface area contributed by atoms with Gasteiger partial charge < -0.3 is 18.5 Å². The maximum atomic E-state index is 12.9. The van der Waals surface area contributed by atoms with Crippen molar-refractivity contribution in [2.24, 2.45) is 0 Å². The molecule has 4 rings (SSSR count). The minimum absolute atomic E-state index is 0.169. The number of furan rings is 1. The van der Waals surface area contributed by atoms with Gasteiger partial charge in [0.05, 0.1) is 12.8 Å². The summed E-state index contributed by atoms with van der Waals surface area (Å²) in [5.41, 5.74) is 1.83. The molecule has 0 saturated heterocycles. The predicted octanol–water partition coefficient (Wildman–Crippen LogP) is 4.31. The molecule has 0 aliphatic heterocycles. The van der Waals surface area contributed by atoms with E-state index in [1.807, 2.05) is 37.3 Å². The normalized spacial score (nSPS) is 10.8. The number of benzene rings is 2. The summed E-state index contributed by atoms with van der Waals surface area (Å²) >= 11 is 0. The van der Waals surface area contributed by atoms with Crippen molar-refractivity contribution in [3.05, 3.63) is 94.7 Å². The Labute approximate surface area is 166 Å². The Balaban J connectivity index is 1.53. The number of hydrogen-bond donors (Lipinski definition) is 0. The van der Waals surface area contributed by atoms with Gasteiger partial charge in [0.1, 0.15) is 17.1 Å². The van der Waals surface area contributed by atoms with Crippen LogP contribution in [0, 0.1) is 6.92 Å². The number of ether oxygens (including phenoxy) is 1. The summed E-state index contributed by atoms with van der Waals surface area (Å²) < 4.78 is 16.2. The van der Waals surface area contributed by atoms with Gasteiger partial charge in [-0.15, -0.1) is 0 Å². The summed E-state index contributed by atoms with van der Waals surface area (Å²) in [6.07, 6.45) is 1.58. The molecular formula is C23H19NO5. The van der Waals surface area contributed by atoms with Crippen LogP contribution in [0.4, 0.5) is 5.69 Å². The second kappa shape index (κ2) is 8.06. The maximum absolute atomic E-state index is 12.9. The zero-order valence-corrected chi connectivity index (χ0v) is 15.8. The minimum Gasteiger partial charge on any atom is -0.484 e. The summed E-state index contributed by atoms with van der Waals surface area (Å²) in [6, 6.07) is 19.4. The summed E-state index contributed by atoms with van der Waals surface area (Å²) in [6.45, 7) is 2.12. The molecule has 6 nitrogen and oxygen atoms in total. The Morgan fingerprint density at radius 3 is 2.59 bits per heavy atom. The van der Waals surface area contributed by atoms with E-state index in [4.69, 9.17) is 13.6 Å². The number of hydrogen-bond acceptors (Lipinski definition) is 5. The van der Waals surface area contributed by atoms with Gasteiger partial charge >= 0.3 is 5.63 Å². The van der Waals surface area contributed by atoms with E-state index in [0.29, 0.717) is 23.6 Å². The van der Waals surface area contributed by atoms with Crippen molar-refractivity contribution in [3.63, 3.8) is 0 Å². The average Bonchev–Trinajstić information content (AvgIpc) is 3.24. The van der Waals surface area contributed by atoms with Gasteiger partial charge in [0.2, 0.25) is 0 Å². The van der Waals surface area contributed by atoms with E-state index >= 15 is 0 Å². The molecule has 2 aromatic carbocycles. The highest BCUT2D eigenvalue weighted by Crippen LogP contribution is 2.21. The molecular weight excluding hydrogens is 370 g/mol. The lowest BCUT2D eigenvalue weighted by molar-refractivity contribution is -0.120. The van der Waals surface area contributed by atoms with Crippen molar-refractivity contribution in [3.8, 4) is 5.75 Å². The lowest BCUT2D eigenvalue weighted by atomic mass is 10.2. The molecule has 29 heavy (non-hydrogen) atoms. The van der Waals surface area contributed by atoms with Gasteiger partial charge in [-0.2, -0.15) is 0 Å². The van der Waals surface area contributed by atoms with Crippen LogP contribution in [0.15, 0.2) is 86.6 Å². The highest BCUT2D eigenvalue weighted by molar-refractivity contribution is 5.94. The first-order valence-electron chi connectivity index (χ1n) is 9.15. The zero-order chi connectivity index (χ0) is 20.2. The molecule has 0 N–H and O–H groups in total. The average molecular weight is 389 g/mol. The Morgan fingerprint density at radius 1 is 1.03 bits per heavy atom. The fraction of sp³-hybridized carbons (Fsp3) is 0.130. The van der Waals surface area contributed by atoms with E-state index in [-0.39, 0.29) is 12.5 Å². The molecule has 0 spiro atoms. The molecule has 0 fully saturated rings. The number of carbonyl (C=O) groups excluding carboxylic acids is 1. The van der Waals surface area contributed by atoms with Gasteiger partial charge in [0, 0.05) is 23.2 Å². The second-order valence-electron chi connectivity index (χ2n) is 6.64. The molecule has 0 bridgehead atoms. The summed E-state index contributed by atoms with van der Waals surface area (Å²) in [5.74, 6) is 0.897. The van der Waals surface area contributed by atoms with E-state index < -0.39 is 5.63 Å². The van der Waals surface area contributed by atoms with Gasteiger partial charge in [0.15, 0.2) is 6.61 Å². The topological polar surface area (TPSA) is 72.9 Å². The second-order valence-corrected chi connectivity index (χ2v) is 6.64. The van der Waals surface area contributed by atoms with E-state index in [9.17, 15) is 9.59 Å². The summed E-state index contributed by atoms with van der Waals surface area (Å²) in [7, 11) is 0. The van der Waals surface area contributed by atoms with Crippen molar-refractivity contribution < 1.29 is 18.4 Å². The van der Waals surface area contributed by atoms with Crippen molar-refractivity contribution in [1.29, 1.82) is 0 Å². The highest BCUT2D eigenvalue weighted by Gasteiger charge is 2.18. The fourth-order valence-corrected chi connectivity index (χ4v) is 2.96. The van der Waals surface area contributed by atoms with Crippen LogP contribution in [-0.2, 0) is 11.3 Å². The van der Waals surface area contributed by atoms with Crippen molar-refractivity contribution >= 4 is 22.6 Å². The van der Waals surface area contributed by atoms with Crippen molar-refractivity contribution in [1.82, 2.24) is 0 Å². The first-order chi connectivity index (χ1) is 14.1. The highest BCUT2D eigenvalue weighted by atomic mass is 16.5. The third-order valence-electron chi connectivity index (χ3n) is 4.50. The SMILES string of the molecule is Cc1ccc(N(Cc2ccco2)C(=O)COc2ccc3ccc(=O)oc3c2)cc1. The van der Waals surface area contributed by atoms with Crippen molar-refractivity contribution in [2.45, 2.75) is 13.5 Å². The minimum atomic E-state index is -0.435. The van der Waals surface area contributed by atoms with Gasteiger partial charge in [-0.25, -0.2) is 4.79 Å².